The minimum atomic E-state index is -0.116. The molecule has 0 saturated heterocycles. The van der Waals surface area contributed by atoms with E-state index in [0.717, 1.165) is 21.5 Å². The molecule has 0 saturated carbocycles. The molecule has 0 aliphatic heterocycles. The number of thiophene rings is 1. The lowest BCUT2D eigenvalue weighted by molar-refractivity contribution is 0.311. The molecule has 0 fully saturated rings. The largest absolute Gasteiger partial charge is 0.309 e. The molecular formula is C21H17Cl2N3OS. The predicted molar refractivity (Wildman–Crippen MR) is 117 cm³/mol. The van der Waals surface area contributed by atoms with E-state index in [1.807, 2.05) is 59.8 Å². The maximum atomic E-state index is 12.7. The monoisotopic (exact) mass is 429 g/mol. The molecule has 0 aliphatic rings. The summed E-state index contributed by atoms with van der Waals surface area (Å²) in [5.74, 6) is 0.625. The smallest absolute Gasteiger partial charge is 0.260 e. The van der Waals surface area contributed by atoms with Gasteiger partial charge in [0.05, 0.1) is 22.0 Å². The van der Waals surface area contributed by atoms with Crippen LogP contribution in [0.15, 0.2) is 58.7 Å². The van der Waals surface area contributed by atoms with E-state index >= 15 is 0 Å². The lowest BCUT2D eigenvalue weighted by atomic mass is 10.1. The van der Waals surface area contributed by atoms with Gasteiger partial charge in [-0.3, -0.25) is 9.69 Å². The second-order valence-corrected chi connectivity index (χ2v) is 8.24. The van der Waals surface area contributed by atoms with Crippen LogP contribution in [0.5, 0.6) is 0 Å². The molecule has 0 radical (unpaired) electrons. The molecule has 2 aromatic heterocycles. The summed E-state index contributed by atoms with van der Waals surface area (Å²) in [7, 11) is 1.95. The van der Waals surface area contributed by atoms with E-state index in [4.69, 9.17) is 23.2 Å². The van der Waals surface area contributed by atoms with Crippen LogP contribution in [0.4, 0.5) is 0 Å². The fraction of sp³-hybridized carbons (Fsp3) is 0.143. The van der Waals surface area contributed by atoms with E-state index in [-0.39, 0.29) is 5.56 Å². The number of fused-ring (bicyclic) bond motifs is 1. The number of hydrogen-bond donors (Lipinski definition) is 1. The van der Waals surface area contributed by atoms with Gasteiger partial charge >= 0.3 is 0 Å². The number of H-pyrrole nitrogens is 1. The highest BCUT2D eigenvalue weighted by Crippen LogP contribution is 2.30. The molecule has 28 heavy (non-hydrogen) atoms. The predicted octanol–water partition coefficient (Wildman–Crippen LogP) is 5.59. The zero-order valence-electron chi connectivity index (χ0n) is 15.1. The molecule has 2 aromatic carbocycles. The summed E-state index contributed by atoms with van der Waals surface area (Å²) in [6, 6.07) is 15.5. The number of hydrogen-bond acceptors (Lipinski definition) is 4. The molecule has 4 nitrogen and oxygen atoms in total. The molecule has 0 spiro atoms. The number of aromatic nitrogens is 2. The summed E-state index contributed by atoms with van der Waals surface area (Å²) in [5.41, 5.74) is 2.75. The fourth-order valence-electron chi connectivity index (χ4n) is 3.17. The van der Waals surface area contributed by atoms with Crippen LogP contribution in [0.25, 0.3) is 21.3 Å². The fourth-order valence-corrected chi connectivity index (χ4v) is 4.52. The number of nitrogens with one attached hydrogen (secondary N) is 1. The van der Waals surface area contributed by atoms with Crippen LogP contribution in [-0.4, -0.2) is 21.9 Å². The molecule has 0 unspecified atom stereocenters. The molecule has 2 heterocycles. The van der Waals surface area contributed by atoms with Crippen molar-refractivity contribution in [3.8, 4) is 11.1 Å². The minimum Gasteiger partial charge on any atom is -0.309 e. The van der Waals surface area contributed by atoms with Gasteiger partial charge in [-0.25, -0.2) is 4.98 Å². The van der Waals surface area contributed by atoms with E-state index < -0.39 is 0 Å². The first kappa shape index (κ1) is 19.2. The Balaban J connectivity index is 1.60. The van der Waals surface area contributed by atoms with Gasteiger partial charge in [0.2, 0.25) is 0 Å². The van der Waals surface area contributed by atoms with E-state index in [0.29, 0.717) is 34.3 Å². The molecule has 0 aliphatic carbocycles. The van der Waals surface area contributed by atoms with Crippen molar-refractivity contribution in [1.29, 1.82) is 0 Å². The maximum Gasteiger partial charge on any atom is 0.260 e. The third-order valence-electron chi connectivity index (χ3n) is 4.47. The van der Waals surface area contributed by atoms with Crippen molar-refractivity contribution in [1.82, 2.24) is 14.9 Å². The van der Waals surface area contributed by atoms with Gasteiger partial charge < -0.3 is 4.98 Å². The summed E-state index contributed by atoms with van der Waals surface area (Å²) in [6.45, 7) is 1.09. The topological polar surface area (TPSA) is 49.0 Å². The number of benzene rings is 2. The Morgan fingerprint density at radius 1 is 1.07 bits per heavy atom. The van der Waals surface area contributed by atoms with Crippen LogP contribution in [0.3, 0.4) is 0 Å². The average Bonchev–Trinajstić information content (AvgIpc) is 3.11. The normalized spacial score (nSPS) is 11.4. The Kier molecular flexibility index (Phi) is 5.51. The van der Waals surface area contributed by atoms with Crippen LogP contribution in [0.2, 0.25) is 10.0 Å². The standard InChI is InChI=1S/C21H17Cl2N3OS/c1-26(10-14-8-5-9-16(22)19(14)23)11-17-24-20(27)18-15(12-28-21(18)25-17)13-6-3-2-4-7-13/h2-9,12H,10-11H2,1H3,(H,24,25,27). The molecule has 142 valence electrons. The van der Waals surface area contributed by atoms with E-state index in [9.17, 15) is 4.79 Å². The Morgan fingerprint density at radius 3 is 2.64 bits per heavy atom. The molecule has 7 heteroatoms. The third-order valence-corrected chi connectivity index (χ3v) is 6.20. The summed E-state index contributed by atoms with van der Waals surface area (Å²) >= 11 is 13.8. The molecule has 0 atom stereocenters. The number of nitrogens with zero attached hydrogens (tertiary/aromatic N) is 2. The van der Waals surface area contributed by atoms with Crippen LogP contribution >= 0.6 is 34.5 Å². The Morgan fingerprint density at radius 2 is 1.86 bits per heavy atom. The first-order valence-electron chi connectivity index (χ1n) is 8.70. The lowest BCUT2D eigenvalue weighted by Crippen LogP contribution is -2.21. The SMILES string of the molecule is CN(Cc1nc2scc(-c3ccccc3)c2c(=O)[nH]1)Cc1cccc(Cl)c1Cl. The highest BCUT2D eigenvalue weighted by molar-refractivity contribution is 7.17. The molecule has 0 bridgehead atoms. The number of rotatable bonds is 5. The quantitative estimate of drug-likeness (QED) is 0.449. The van der Waals surface area contributed by atoms with Crippen LogP contribution < -0.4 is 5.56 Å². The summed E-state index contributed by atoms with van der Waals surface area (Å²) < 4.78 is 0. The maximum absolute atomic E-state index is 12.7. The first-order valence-corrected chi connectivity index (χ1v) is 10.3. The Hall–Kier alpha value is -2.18. The highest BCUT2D eigenvalue weighted by atomic mass is 35.5. The van der Waals surface area contributed by atoms with Crippen LogP contribution in [0.1, 0.15) is 11.4 Å². The lowest BCUT2D eigenvalue weighted by Gasteiger charge is -2.17. The van der Waals surface area contributed by atoms with Gasteiger partial charge in [-0.2, -0.15) is 0 Å². The average molecular weight is 430 g/mol. The van der Waals surface area contributed by atoms with Gasteiger partial charge in [-0.05, 0) is 24.2 Å². The zero-order valence-corrected chi connectivity index (χ0v) is 17.4. The van der Waals surface area contributed by atoms with Crippen molar-refractivity contribution in [3.05, 3.63) is 85.7 Å². The molecule has 4 aromatic rings. The Labute approximate surface area is 176 Å². The van der Waals surface area contributed by atoms with Crippen molar-refractivity contribution >= 4 is 44.8 Å². The second-order valence-electron chi connectivity index (χ2n) is 6.59. The zero-order chi connectivity index (χ0) is 19.7. The van der Waals surface area contributed by atoms with Crippen LogP contribution in [-0.2, 0) is 13.1 Å². The van der Waals surface area contributed by atoms with Gasteiger partial charge in [-0.15, -0.1) is 11.3 Å². The van der Waals surface area contributed by atoms with Gasteiger partial charge in [0.1, 0.15) is 10.7 Å². The minimum absolute atomic E-state index is 0.116. The van der Waals surface area contributed by atoms with Gasteiger partial charge in [0.25, 0.3) is 5.56 Å². The molecule has 4 rings (SSSR count). The summed E-state index contributed by atoms with van der Waals surface area (Å²) in [5, 5.41) is 3.72. The first-order chi connectivity index (χ1) is 13.5. The van der Waals surface area contributed by atoms with Crippen molar-refractivity contribution in [2.45, 2.75) is 13.1 Å². The third kappa shape index (κ3) is 3.84. The van der Waals surface area contributed by atoms with Crippen molar-refractivity contribution in [2.75, 3.05) is 7.05 Å². The van der Waals surface area contributed by atoms with E-state index in [1.54, 1.807) is 6.07 Å². The second kappa shape index (κ2) is 8.05. The summed E-state index contributed by atoms with van der Waals surface area (Å²) in [6.07, 6.45) is 0. The van der Waals surface area contributed by atoms with Crippen molar-refractivity contribution in [3.63, 3.8) is 0 Å². The van der Waals surface area contributed by atoms with Gasteiger partial charge in [0.15, 0.2) is 0 Å². The number of halogens is 2. The molecule has 1 N–H and O–H groups in total. The van der Waals surface area contributed by atoms with Crippen molar-refractivity contribution in [2.24, 2.45) is 0 Å². The van der Waals surface area contributed by atoms with Crippen LogP contribution in [0, 0.1) is 0 Å². The Bertz CT molecular complexity index is 1190. The highest BCUT2D eigenvalue weighted by Gasteiger charge is 2.14. The number of aromatic amines is 1. The van der Waals surface area contributed by atoms with Crippen molar-refractivity contribution < 1.29 is 0 Å². The van der Waals surface area contributed by atoms with E-state index in [2.05, 4.69) is 9.97 Å². The van der Waals surface area contributed by atoms with E-state index in [1.165, 1.54) is 11.3 Å². The summed E-state index contributed by atoms with van der Waals surface area (Å²) in [4.78, 5) is 23.1. The van der Waals surface area contributed by atoms with Gasteiger partial charge in [0, 0.05) is 17.5 Å². The molecule has 0 amide bonds. The van der Waals surface area contributed by atoms with Gasteiger partial charge in [-0.1, -0.05) is 65.7 Å². The molecular weight excluding hydrogens is 413 g/mol.